The lowest BCUT2D eigenvalue weighted by atomic mass is 9.70. The van der Waals surface area contributed by atoms with Crippen LogP contribution in [-0.4, -0.2) is 40.8 Å². The molecule has 1 saturated heterocycles. The molecule has 0 saturated carbocycles. The first-order valence-electron chi connectivity index (χ1n) is 11.7. The van der Waals surface area contributed by atoms with Gasteiger partial charge in [-0.05, 0) is 80.7 Å². The summed E-state index contributed by atoms with van der Waals surface area (Å²) in [6, 6.07) is 27.1. The Morgan fingerprint density at radius 3 is 1.97 bits per heavy atom. The summed E-state index contributed by atoms with van der Waals surface area (Å²) < 4.78 is 0. The molecule has 172 valence electrons. The van der Waals surface area contributed by atoms with Crippen LogP contribution in [0.15, 0.2) is 89.8 Å². The molecule has 5 heteroatoms. The number of hydrogen-bond acceptors (Lipinski definition) is 4. The summed E-state index contributed by atoms with van der Waals surface area (Å²) in [5, 5.41) is 9.66. The number of likely N-dealkylation sites (tertiary alicyclic amines) is 1. The number of rotatable bonds is 10. The second-order valence-electron chi connectivity index (χ2n) is 8.70. The molecular formula is C28H32N2O2S. The SMILES string of the molecule is NC(=O)C(c1ccccc1)(c1ccccc1)C(CCCN1CCCC1)Sc1ccc(O)cc1. The zero-order chi connectivity index (χ0) is 23.1. The molecule has 4 rings (SSSR count). The highest BCUT2D eigenvalue weighted by atomic mass is 32.2. The molecular weight excluding hydrogens is 428 g/mol. The first kappa shape index (κ1) is 23.4. The lowest BCUT2D eigenvalue weighted by Crippen LogP contribution is -2.50. The van der Waals surface area contributed by atoms with Crippen molar-refractivity contribution in [1.82, 2.24) is 4.90 Å². The average Bonchev–Trinajstić information content (AvgIpc) is 3.36. The van der Waals surface area contributed by atoms with Gasteiger partial charge in [0.1, 0.15) is 11.2 Å². The Labute approximate surface area is 200 Å². The number of carbonyl (C=O) groups excluding carboxylic acids is 1. The summed E-state index contributed by atoms with van der Waals surface area (Å²) in [6.07, 6.45) is 4.37. The van der Waals surface area contributed by atoms with E-state index in [2.05, 4.69) is 4.90 Å². The van der Waals surface area contributed by atoms with Gasteiger partial charge in [-0.25, -0.2) is 0 Å². The van der Waals surface area contributed by atoms with Crippen LogP contribution < -0.4 is 5.73 Å². The van der Waals surface area contributed by atoms with E-state index in [0.717, 1.165) is 48.5 Å². The van der Waals surface area contributed by atoms with Gasteiger partial charge in [-0.3, -0.25) is 4.79 Å². The number of primary amides is 1. The predicted octanol–water partition coefficient (Wildman–Crippen LogP) is 5.20. The number of thioether (sulfide) groups is 1. The third kappa shape index (κ3) is 5.26. The largest absolute Gasteiger partial charge is 0.508 e. The molecule has 3 aromatic carbocycles. The summed E-state index contributed by atoms with van der Waals surface area (Å²) in [4.78, 5) is 17.0. The fourth-order valence-electron chi connectivity index (χ4n) is 4.94. The van der Waals surface area contributed by atoms with E-state index in [0.29, 0.717) is 0 Å². The maximum atomic E-state index is 13.5. The predicted molar refractivity (Wildman–Crippen MR) is 136 cm³/mol. The van der Waals surface area contributed by atoms with Crippen LogP contribution >= 0.6 is 11.8 Å². The molecule has 33 heavy (non-hydrogen) atoms. The Kier molecular flexibility index (Phi) is 7.73. The minimum absolute atomic E-state index is 0.105. The van der Waals surface area contributed by atoms with E-state index in [1.54, 1.807) is 23.9 Å². The van der Waals surface area contributed by atoms with Gasteiger partial charge in [0.15, 0.2) is 0 Å². The third-order valence-electron chi connectivity index (χ3n) is 6.58. The minimum Gasteiger partial charge on any atom is -0.508 e. The van der Waals surface area contributed by atoms with Crippen molar-refractivity contribution in [2.75, 3.05) is 19.6 Å². The monoisotopic (exact) mass is 460 g/mol. The van der Waals surface area contributed by atoms with Crippen molar-refractivity contribution < 1.29 is 9.90 Å². The fourth-order valence-corrected chi connectivity index (χ4v) is 6.41. The lowest BCUT2D eigenvalue weighted by molar-refractivity contribution is -0.122. The molecule has 3 N–H and O–H groups in total. The highest BCUT2D eigenvalue weighted by Gasteiger charge is 2.47. The van der Waals surface area contributed by atoms with Gasteiger partial charge in [0.2, 0.25) is 5.91 Å². The van der Waals surface area contributed by atoms with E-state index in [-0.39, 0.29) is 16.9 Å². The number of amides is 1. The second-order valence-corrected chi connectivity index (χ2v) is 9.97. The molecule has 1 unspecified atom stereocenters. The number of phenols is 1. The van der Waals surface area contributed by atoms with Crippen LogP contribution in [0.3, 0.4) is 0 Å². The zero-order valence-electron chi connectivity index (χ0n) is 18.9. The number of carbonyl (C=O) groups is 1. The van der Waals surface area contributed by atoms with Crippen LogP contribution in [0.5, 0.6) is 5.75 Å². The van der Waals surface area contributed by atoms with Gasteiger partial charge in [-0.15, -0.1) is 11.8 Å². The summed E-state index contributed by atoms with van der Waals surface area (Å²) in [5.41, 5.74) is 7.16. The van der Waals surface area contributed by atoms with Crippen molar-refractivity contribution in [3.63, 3.8) is 0 Å². The van der Waals surface area contributed by atoms with Crippen molar-refractivity contribution in [1.29, 1.82) is 0 Å². The molecule has 1 amide bonds. The number of benzene rings is 3. The van der Waals surface area contributed by atoms with Gasteiger partial charge in [-0.1, -0.05) is 60.7 Å². The summed E-state index contributed by atoms with van der Waals surface area (Å²) in [5.74, 6) is -0.102. The molecule has 1 heterocycles. The van der Waals surface area contributed by atoms with Crippen molar-refractivity contribution in [2.24, 2.45) is 5.73 Å². The number of nitrogens with zero attached hydrogens (tertiary/aromatic N) is 1. The maximum Gasteiger partial charge on any atom is 0.233 e. The standard InChI is InChI=1S/C28H32N2O2S/c29-27(32)28(22-10-3-1-4-11-22,23-12-5-2-6-13-23)26(14-9-21-30-19-7-8-20-30)33-25-17-15-24(31)16-18-25/h1-6,10-13,15-18,26,31H,7-9,14,19-21H2,(H2,29,32). The summed E-state index contributed by atoms with van der Waals surface area (Å²) in [6.45, 7) is 3.35. The number of nitrogens with two attached hydrogens (primary N) is 1. The van der Waals surface area contributed by atoms with Crippen LogP contribution in [0, 0.1) is 0 Å². The molecule has 3 aromatic rings. The molecule has 1 aliphatic rings. The topological polar surface area (TPSA) is 66.6 Å². The zero-order valence-corrected chi connectivity index (χ0v) is 19.7. The van der Waals surface area contributed by atoms with Crippen molar-refractivity contribution >= 4 is 17.7 Å². The molecule has 0 spiro atoms. The normalized spacial score (nSPS) is 15.4. The Balaban J connectivity index is 1.76. The Bertz CT molecular complexity index is 979. The Morgan fingerprint density at radius 1 is 0.909 bits per heavy atom. The van der Waals surface area contributed by atoms with Crippen LogP contribution in [0.25, 0.3) is 0 Å². The van der Waals surface area contributed by atoms with Gasteiger partial charge in [0.05, 0.1) is 0 Å². The van der Waals surface area contributed by atoms with Crippen molar-refractivity contribution in [3.05, 3.63) is 96.1 Å². The minimum atomic E-state index is -0.976. The average molecular weight is 461 g/mol. The molecule has 0 bridgehead atoms. The smallest absolute Gasteiger partial charge is 0.233 e. The number of aromatic hydroxyl groups is 1. The Morgan fingerprint density at radius 2 is 1.45 bits per heavy atom. The van der Waals surface area contributed by atoms with E-state index in [1.165, 1.54) is 12.8 Å². The molecule has 1 aliphatic heterocycles. The van der Waals surface area contributed by atoms with E-state index >= 15 is 0 Å². The van der Waals surface area contributed by atoms with Gasteiger partial charge in [-0.2, -0.15) is 0 Å². The second kappa shape index (κ2) is 10.9. The van der Waals surface area contributed by atoms with Crippen LogP contribution in [0.4, 0.5) is 0 Å². The molecule has 4 nitrogen and oxygen atoms in total. The van der Waals surface area contributed by atoms with E-state index in [1.807, 2.05) is 72.8 Å². The van der Waals surface area contributed by atoms with Crippen molar-refractivity contribution in [2.45, 2.75) is 41.2 Å². The van der Waals surface area contributed by atoms with Gasteiger partial charge in [0, 0.05) is 10.1 Å². The van der Waals surface area contributed by atoms with E-state index in [9.17, 15) is 9.90 Å². The first-order valence-corrected chi connectivity index (χ1v) is 12.6. The summed E-state index contributed by atoms with van der Waals surface area (Å²) in [7, 11) is 0. The number of phenolic OH excluding ortho intramolecular Hbond substituents is 1. The molecule has 1 atom stereocenters. The van der Waals surface area contributed by atoms with Gasteiger partial charge >= 0.3 is 0 Å². The molecule has 0 aliphatic carbocycles. The molecule has 0 radical (unpaired) electrons. The Hall–Kier alpha value is -2.76. The molecule has 0 aromatic heterocycles. The molecule has 1 fully saturated rings. The van der Waals surface area contributed by atoms with Crippen LogP contribution in [-0.2, 0) is 10.2 Å². The van der Waals surface area contributed by atoms with Crippen molar-refractivity contribution in [3.8, 4) is 5.75 Å². The highest BCUT2D eigenvalue weighted by molar-refractivity contribution is 8.00. The van der Waals surface area contributed by atoms with Crippen LogP contribution in [0.2, 0.25) is 0 Å². The highest BCUT2D eigenvalue weighted by Crippen LogP contribution is 2.46. The third-order valence-corrected chi connectivity index (χ3v) is 8.00. The quantitative estimate of drug-likeness (QED) is 0.408. The lowest BCUT2D eigenvalue weighted by Gasteiger charge is -2.39. The summed E-state index contributed by atoms with van der Waals surface area (Å²) >= 11 is 1.67. The van der Waals surface area contributed by atoms with Crippen LogP contribution in [0.1, 0.15) is 36.8 Å². The first-order chi connectivity index (χ1) is 16.1. The van der Waals surface area contributed by atoms with Gasteiger partial charge < -0.3 is 15.7 Å². The fraction of sp³-hybridized carbons (Fsp3) is 0.321. The van der Waals surface area contributed by atoms with Gasteiger partial charge in [0.25, 0.3) is 0 Å². The van der Waals surface area contributed by atoms with E-state index in [4.69, 9.17) is 5.73 Å². The number of hydrogen-bond donors (Lipinski definition) is 2. The van der Waals surface area contributed by atoms with E-state index < -0.39 is 5.41 Å². The maximum absolute atomic E-state index is 13.5.